The Kier molecular flexibility index (Phi) is 7.03. The SMILES string of the molecule is Cl.Cl.O=C(NC1CCCNC1)c1ccc(-n2cnc3ccccc32)cc1. The van der Waals surface area contributed by atoms with Crippen molar-refractivity contribution < 1.29 is 4.79 Å². The van der Waals surface area contributed by atoms with Gasteiger partial charge in [-0.2, -0.15) is 0 Å². The fraction of sp³-hybridized carbons (Fsp3) is 0.263. The highest BCUT2D eigenvalue weighted by Crippen LogP contribution is 2.18. The first-order chi connectivity index (χ1) is 11.8. The number of carbonyl (C=O) groups is 1. The normalized spacial score (nSPS) is 16.4. The van der Waals surface area contributed by atoms with E-state index in [0.717, 1.165) is 42.7 Å². The van der Waals surface area contributed by atoms with Gasteiger partial charge in [0.15, 0.2) is 0 Å². The molecule has 1 aliphatic heterocycles. The van der Waals surface area contributed by atoms with E-state index in [1.54, 1.807) is 0 Å². The lowest BCUT2D eigenvalue weighted by molar-refractivity contribution is 0.0930. The van der Waals surface area contributed by atoms with Gasteiger partial charge in [0.2, 0.25) is 0 Å². The molecule has 2 aromatic carbocycles. The van der Waals surface area contributed by atoms with Crippen LogP contribution in [0.1, 0.15) is 23.2 Å². The number of benzene rings is 2. The molecule has 1 saturated heterocycles. The van der Waals surface area contributed by atoms with E-state index in [2.05, 4.69) is 15.6 Å². The van der Waals surface area contributed by atoms with Crippen LogP contribution in [0.25, 0.3) is 16.7 Å². The van der Waals surface area contributed by atoms with Gasteiger partial charge < -0.3 is 10.6 Å². The third-order valence-electron chi connectivity index (χ3n) is 4.49. The third kappa shape index (κ3) is 4.18. The summed E-state index contributed by atoms with van der Waals surface area (Å²) in [7, 11) is 0. The minimum absolute atomic E-state index is 0. The third-order valence-corrected chi connectivity index (χ3v) is 4.49. The molecule has 1 unspecified atom stereocenters. The molecule has 0 saturated carbocycles. The Labute approximate surface area is 165 Å². The predicted molar refractivity (Wildman–Crippen MR) is 109 cm³/mol. The molecule has 0 spiro atoms. The van der Waals surface area contributed by atoms with Gasteiger partial charge in [0, 0.05) is 23.8 Å². The first kappa shape index (κ1) is 20.2. The number of carbonyl (C=O) groups excluding carboxylic acids is 1. The van der Waals surface area contributed by atoms with Crippen LogP contribution in [0.2, 0.25) is 0 Å². The summed E-state index contributed by atoms with van der Waals surface area (Å²) in [4.78, 5) is 16.8. The van der Waals surface area contributed by atoms with Gasteiger partial charge in [-0.1, -0.05) is 12.1 Å². The molecule has 26 heavy (non-hydrogen) atoms. The topological polar surface area (TPSA) is 59.0 Å². The highest BCUT2D eigenvalue weighted by molar-refractivity contribution is 5.94. The molecule has 0 radical (unpaired) electrons. The quantitative estimate of drug-likeness (QED) is 0.718. The summed E-state index contributed by atoms with van der Waals surface area (Å²) in [6, 6.07) is 15.9. The monoisotopic (exact) mass is 392 g/mol. The number of fused-ring (bicyclic) bond motifs is 1. The van der Waals surface area contributed by atoms with E-state index < -0.39 is 0 Å². The van der Waals surface area contributed by atoms with Crippen molar-refractivity contribution in [3.63, 3.8) is 0 Å². The van der Waals surface area contributed by atoms with Gasteiger partial charge in [-0.05, 0) is 55.8 Å². The Morgan fingerprint density at radius 2 is 1.88 bits per heavy atom. The van der Waals surface area contributed by atoms with Crippen LogP contribution < -0.4 is 10.6 Å². The maximum Gasteiger partial charge on any atom is 0.251 e. The Morgan fingerprint density at radius 1 is 1.12 bits per heavy atom. The summed E-state index contributed by atoms with van der Waals surface area (Å²) in [5.41, 5.74) is 3.71. The van der Waals surface area contributed by atoms with E-state index >= 15 is 0 Å². The highest BCUT2D eigenvalue weighted by Gasteiger charge is 2.16. The molecule has 2 N–H and O–H groups in total. The number of halogens is 2. The first-order valence-electron chi connectivity index (χ1n) is 8.35. The molecule has 0 bridgehead atoms. The van der Waals surface area contributed by atoms with Crippen LogP contribution in [0.4, 0.5) is 0 Å². The number of nitrogens with one attached hydrogen (secondary N) is 2. The highest BCUT2D eigenvalue weighted by atomic mass is 35.5. The largest absolute Gasteiger partial charge is 0.348 e. The van der Waals surface area contributed by atoms with E-state index in [0.29, 0.717) is 5.56 Å². The van der Waals surface area contributed by atoms with E-state index in [4.69, 9.17) is 0 Å². The Hall–Kier alpha value is -2.08. The molecule has 1 atom stereocenters. The molecule has 5 nitrogen and oxygen atoms in total. The summed E-state index contributed by atoms with van der Waals surface area (Å²) in [5, 5.41) is 6.41. The van der Waals surface area contributed by atoms with Crippen molar-refractivity contribution in [1.82, 2.24) is 20.2 Å². The van der Waals surface area contributed by atoms with Crippen molar-refractivity contribution in [2.45, 2.75) is 18.9 Å². The summed E-state index contributed by atoms with van der Waals surface area (Å²) < 4.78 is 2.03. The average molecular weight is 393 g/mol. The molecule has 3 aromatic rings. The van der Waals surface area contributed by atoms with E-state index in [1.165, 1.54) is 0 Å². The maximum absolute atomic E-state index is 12.4. The summed E-state index contributed by atoms with van der Waals surface area (Å²) in [6.45, 7) is 1.89. The molecule has 1 amide bonds. The molecule has 1 fully saturated rings. The van der Waals surface area contributed by atoms with Gasteiger partial charge in [0.25, 0.3) is 5.91 Å². The molecular formula is C19H22Cl2N4O. The number of imidazole rings is 1. The minimum atomic E-state index is -0.00857. The van der Waals surface area contributed by atoms with Crippen molar-refractivity contribution >= 4 is 41.8 Å². The molecule has 4 rings (SSSR count). The average Bonchev–Trinajstić information content (AvgIpc) is 3.07. The number of para-hydroxylation sites is 2. The van der Waals surface area contributed by atoms with E-state index in [9.17, 15) is 4.79 Å². The lowest BCUT2D eigenvalue weighted by atomic mass is 10.1. The summed E-state index contributed by atoms with van der Waals surface area (Å²) in [5.74, 6) is -0.00857. The second-order valence-corrected chi connectivity index (χ2v) is 6.17. The second-order valence-electron chi connectivity index (χ2n) is 6.17. The zero-order valence-corrected chi connectivity index (χ0v) is 15.9. The maximum atomic E-state index is 12.4. The van der Waals surface area contributed by atoms with Gasteiger partial charge in [0.05, 0.1) is 11.0 Å². The van der Waals surface area contributed by atoms with Crippen molar-refractivity contribution in [2.24, 2.45) is 0 Å². The van der Waals surface area contributed by atoms with E-state index in [1.807, 2.05) is 59.4 Å². The molecular weight excluding hydrogens is 371 g/mol. The smallest absolute Gasteiger partial charge is 0.251 e. The van der Waals surface area contributed by atoms with Crippen LogP contribution in [0.3, 0.4) is 0 Å². The van der Waals surface area contributed by atoms with Crippen LogP contribution in [-0.4, -0.2) is 34.6 Å². The molecule has 1 aromatic heterocycles. The zero-order chi connectivity index (χ0) is 16.4. The predicted octanol–water partition coefficient (Wildman–Crippen LogP) is 3.35. The minimum Gasteiger partial charge on any atom is -0.348 e. The van der Waals surface area contributed by atoms with Crippen LogP contribution in [0, 0.1) is 0 Å². The lowest BCUT2D eigenvalue weighted by Crippen LogP contribution is -2.45. The fourth-order valence-corrected chi connectivity index (χ4v) is 3.18. The Bertz CT molecular complexity index is 857. The van der Waals surface area contributed by atoms with Crippen LogP contribution in [0.5, 0.6) is 0 Å². The zero-order valence-electron chi connectivity index (χ0n) is 14.2. The lowest BCUT2D eigenvalue weighted by Gasteiger charge is -2.23. The number of hydrogen-bond donors (Lipinski definition) is 2. The van der Waals surface area contributed by atoms with Crippen molar-refractivity contribution in [3.05, 3.63) is 60.4 Å². The van der Waals surface area contributed by atoms with Gasteiger partial charge in [-0.25, -0.2) is 4.98 Å². The number of piperidine rings is 1. The number of rotatable bonds is 3. The van der Waals surface area contributed by atoms with Crippen LogP contribution >= 0.6 is 24.8 Å². The molecule has 2 heterocycles. The van der Waals surface area contributed by atoms with Gasteiger partial charge in [-0.15, -0.1) is 24.8 Å². The van der Waals surface area contributed by atoms with Crippen LogP contribution in [0.15, 0.2) is 54.9 Å². The second kappa shape index (κ2) is 9.03. The standard InChI is InChI=1S/C19H20N4O.2ClH/c24-19(22-15-4-3-11-20-12-15)14-7-9-16(10-8-14)23-13-21-17-5-1-2-6-18(17)23;;/h1-2,5-10,13,15,20H,3-4,11-12H2,(H,22,24);2*1H. The van der Waals surface area contributed by atoms with Gasteiger partial charge >= 0.3 is 0 Å². The van der Waals surface area contributed by atoms with Gasteiger partial charge in [0.1, 0.15) is 6.33 Å². The fourth-order valence-electron chi connectivity index (χ4n) is 3.18. The van der Waals surface area contributed by atoms with Crippen LogP contribution in [-0.2, 0) is 0 Å². The summed E-state index contributed by atoms with van der Waals surface area (Å²) >= 11 is 0. The number of hydrogen-bond acceptors (Lipinski definition) is 3. The number of aromatic nitrogens is 2. The Balaban J connectivity index is 0.00000121. The number of nitrogens with zero attached hydrogens (tertiary/aromatic N) is 2. The molecule has 7 heteroatoms. The molecule has 1 aliphatic rings. The summed E-state index contributed by atoms with van der Waals surface area (Å²) in [6.07, 6.45) is 3.96. The molecule has 0 aliphatic carbocycles. The van der Waals surface area contributed by atoms with Crippen molar-refractivity contribution in [1.29, 1.82) is 0 Å². The van der Waals surface area contributed by atoms with E-state index in [-0.39, 0.29) is 36.8 Å². The van der Waals surface area contributed by atoms with Gasteiger partial charge in [-0.3, -0.25) is 9.36 Å². The number of amides is 1. The van der Waals surface area contributed by atoms with Crippen molar-refractivity contribution in [3.8, 4) is 5.69 Å². The molecule has 138 valence electrons. The first-order valence-corrected chi connectivity index (χ1v) is 8.35. The Morgan fingerprint density at radius 3 is 2.62 bits per heavy atom. The van der Waals surface area contributed by atoms with Crippen molar-refractivity contribution in [2.75, 3.05) is 13.1 Å².